The molecule has 28 heavy (non-hydrogen) atoms. The number of carbonyl (C=O) groups is 1. The SMILES string of the molecule is C=CCN1C(=O)/C(=N/N=C\c2ccc(N3CCCCC3)cc2)c2ccccc21. The first-order chi connectivity index (χ1) is 13.8. The summed E-state index contributed by atoms with van der Waals surface area (Å²) in [6.45, 7) is 6.44. The molecule has 4 rings (SSSR count). The van der Waals surface area contributed by atoms with Gasteiger partial charge in [-0.2, -0.15) is 5.10 Å². The average molecular weight is 372 g/mol. The highest BCUT2D eigenvalue weighted by Crippen LogP contribution is 2.29. The molecule has 1 fully saturated rings. The Morgan fingerprint density at radius 3 is 2.50 bits per heavy atom. The Kier molecular flexibility index (Phi) is 5.33. The van der Waals surface area contributed by atoms with Crippen LogP contribution in [0.1, 0.15) is 30.4 Å². The Hall–Kier alpha value is -3.21. The number of nitrogens with zero attached hydrogens (tertiary/aromatic N) is 4. The molecule has 0 bridgehead atoms. The average Bonchev–Trinajstić information content (AvgIpc) is 3.01. The van der Waals surface area contributed by atoms with Crippen LogP contribution in [0, 0.1) is 0 Å². The molecule has 0 aliphatic carbocycles. The van der Waals surface area contributed by atoms with Crippen LogP contribution in [0.3, 0.4) is 0 Å². The van der Waals surface area contributed by atoms with Crippen molar-refractivity contribution < 1.29 is 4.79 Å². The zero-order valence-electron chi connectivity index (χ0n) is 15.9. The number of rotatable bonds is 5. The number of carbonyl (C=O) groups excluding carboxylic acids is 1. The Balaban J connectivity index is 1.51. The van der Waals surface area contributed by atoms with Gasteiger partial charge in [0.15, 0.2) is 5.71 Å². The molecule has 0 unspecified atom stereocenters. The van der Waals surface area contributed by atoms with E-state index in [0.717, 1.165) is 29.9 Å². The largest absolute Gasteiger partial charge is 0.372 e. The van der Waals surface area contributed by atoms with Crippen molar-refractivity contribution in [1.29, 1.82) is 0 Å². The Bertz CT molecular complexity index is 924. The van der Waals surface area contributed by atoms with Gasteiger partial charge in [0, 0.05) is 30.9 Å². The van der Waals surface area contributed by atoms with E-state index in [9.17, 15) is 4.79 Å². The summed E-state index contributed by atoms with van der Waals surface area (Å²) in [6.07, 6.45) is 7.26. The Morgan fingerprint density at radius 1 is 1.00 bits per heavy atom. The highest BCUT2D eigenvalue weighted by atomic mass is 16.2. The molecule has 5 nitrogen and oxygen atoms in total. The van der Waals surface area contributed by atoms with Crippen LogP contribution in [0.4, 0.5) is 11.4 Å². The standard InChI is InChI=1S/C23H24N4O/c1-2-14-27-21-9-5-4-8-20(21)22(23(27)28)25-24-17-18-10-12-19(13-11-18)26-15-6-3-7-16-26/h2,4-5,8-13,17H,1,3,6-7,14-16H2/b24-17-,25-22+. The topological polar surface area (TPSA) is 48.3 Å². The molecule has 0 radical (unpaired) electrons. The summed E-state index contributed by atoms with van der Waals surface area (Å²) in [4.78, 5) is 16.8. The lowest BCUT2D eigenvalue weighted by atomic mass is 10.1. The molecule has 1 amide bonds. The lowest BCUT2D eigenvalue weighted by molar-refractivity contribution is -0.112. The number of fused-ring (bicyclic) bond motifs is 1. The van der Waals surface area contributed by atoms with E-state index in [1.165, 1.54) is 24.9 Å². The van der Waals surface area contributed by atoms with E-state index in [1.54, 1.807) is 17.2 Å². The van der Waals surface area contributed by atoms with E-state index in [4.69, 9.17) is 0 Å². The molecule has 1 saturated heterocycles. The predicted molar refractivity (Wildman–Crippen MR) is 116 cm³/mol. The second-order valence-corrected chi connectivity index (χ2v) is 7.05. The first-order valence-electron chi connectivity index (χ1n) is 9.76. The Morgan fingerprint density at radius 2 is 1.75 bits per heavy atom. The monoisotopic (exact) mass is 372 g/mol. The maximum Gasteiger partial charge on any atom is 0.279 e. The van der Waals surface area contributed by atoms with Crippen molar-refractivity contribution in [2.75, 3.05) is 29.4 Å². The van der Waals surface area contributed by atoms with Crippen LogP contribution in [0.2, 0.25) is 0 Å². The van der Waals surface area contributed by atoms with Crippen LogP contribution >= 0.6 is 0 Å². The molecule has 2 aromatic rings. The summed E-state index contributed by atoms with van der Waals surface area (Å²) in [5.41, 5.74) is 4.26. The molecule has 2 heterocycles. The number of hydrogen-bond donors (Lipinski definition) is 0. The van der Waals surface area contributed by atoms with E-state index in [2.05, 4.69) is 33.8 Å². The summed E-state index contributed by atoms with van der Waals surface area (Å²) in [5.74, 6) is -0.140. The molecule has 5 heteroatoms. The van der Waals surface area contributed by atoms with Crippen LogP contribution in [0.5, 0.6) is 0 Å². The maximum absolute atomic E-state index is 12.7. The molecule has 0 N–H and O–H groups in total. The molecular weight excluding hydrogens is 348 g/mol. The van der Waals surface area contributed by atoms with Crippen LogP contribution in [0.25, 0.3) is 0 Å². The lowest BCUT2D eigenvalue weighted by Gasteiger charge is -2.28. The summed E-state index contributed by atoms with van der Waals surface area (Å²) in [6, 6.07) is 16.0. The van der Waals surface area contributed by atoms with E-state index in [-0.39, 0.29) is 5.91 Å². The van der Waals surface area contributed by atoms with Crippen molar-refractivity contribution in [2.24, 2.45) is 10.2 Å². The number of piperidine rings is 1. The highest BCUT2D eigenvalue weighted by Gasteiger charge is 2.32. The van der Waals surface area contributed by atoms with Crippen molar-refractivity contribution in [2.45, 2.75) is 19.3 Å². The van der Waals surface area contributed by atoms with Gasteiger partial charge in [0.2, 0.25) is 0 Å². The van der Waals surface area contributed by atoms with Gasteiger partial charge in [-0.05, 0) is 43.0 Å². The minimum Gasteiger partial charge on any atom is -0.372 e. The first-order valence-corrected chi connectivity index (χ1v) is 9.76. The van der Waals surface area contributed by atoms with Gasteiger partial charge < -0.3 is 9.80 Å². The number of anilines is 2. The molecule has 0 atom stereocenters. The van der Waals surface area contributed by atoms with E-state index >= 15 is 0 Å². The van der Waals surface area contributed by atoms with E-state index in [1.807, 2.05) is 36.4 Å². The number of para-hydroxylation sites is 1. The number of amides is 1. The van der Waals surface area contributed by atoms with Gasteiger partial charge in [-0.15, -0.1) is 11.7 Å². The molecule has 0 aromatic heterocycles. The molecule has 142 valence electrons. The van der Waals surface area contributed by atoms with Crippen LogP contribution in [-0.2, 0) is 4.79 Å². The minimum atomic E-state index is -0.140. The summed E-state index contributed by atoms with van der Waals surface area (Å²) >= 11 is 0. The zero-order chi connectivity index (χ0) is 19.3. The van der Waals surface area contributed by atoms with Crippen LogP contribution in [-0.4, -0.2) is 37.5 Å². The molecular formula is C23H24N4O. The molecule has 2 aromatic carbocycles. The normalized spacial score (nSPS) is 18.1. The van der Waals surface area contributed by atoms with Crippen molar-refractivity contribution in [3.63, 3.8) is 0 Å². The van der Waals surface area contributed by atoms with E-state index in [0.29, 0.717) is 12.3 Å². The van der Waals surface area contributed by atoms with E-state index < -0.39 is 0 Å². The first kappa shape index (κ1) is 18.2. The summed E-state index contributed by atoms with van der Waals surface area (Å²) in [7, 11) is 0. The fraction of sp³-hybridized carbons (Fsp3) is 0.261. The number of hydrogen-bond acceptors (Lipinski definition) is 4. The lowest BCUT2D eigenvalue weighted by Crippen LogP contribution is -2.30. The maximum atomic E-state index is 12.7. The third-order valence-corrected chi connectivity index (χ3v) is 5.19. The second-order valence-electron chi connectivity index (χ2n) is 7.05. The van der Waals surface area contributed by atoms with Crippen LogP contribution < -0.4 is 9.80 Å². The third-order valence-electron chi connectivity index (χ3n) is 5.19. The predicted octanol–water partition coefficient (Wildman–Crippen LogP) is 4.03. The highest BCUT2D eigenvalue weighted by molar-refractivity contribution is 6.54. The Labute approximate surface area is 165 Å². The summed E-state index contributed by atoms with van der Waals surface area (Å²) < 4.78 is 0. The van der Waals surface area contributed by atoms with Crippen molar-refractivity contribution in [3.05, 3.63) is 72.3 Å². The van der Waals surface area contributed by atoms with Crippen molar-refractivity contribution >= 4 is 29.2 Å². The number of benzene rings is 2. The van der Waals surface area contributed by atoms with Gasteiger partial charge in [0.1, 0.15) is 0 Å². The van der Waals surface area contributed by atoms with Gasteiger partial charge in [0.25, 0.3) is 5.91 Å². The van der Waals surface area contributed by atoms with Crippen molar-refractivity contribution in [3.8, 4) is 0 Å². The van der Waals surface area contributed by atoms with Gasteiger partial charge in [-0.1, -0.05) is 36.4 Å². The molecule has 2 aliphatic heterocycles. The fourth-order valence-corrected chi connectivity index (χ4v) is 3.75. The minimum absolute atomic E-state index is 0.140. The molecule has 0 spiro atoms. The fourth-order valence-electron chi connectivity index (χ4n) is 3.75. The van der Waals surface area contributed by atoms with Gasteiger partial charge in [-0.25, -0.2) is 0 Å². The zero-order valence-corrected chi connectivity index (χ0v) is 15.9. The van der Waals surface area contributed by atoms with Crippen molar-refractivity contribution in [1.82, 2.24) is 0 Å². The quantitative estimate of drug-likeness (QED) is 0.452. The third kappa shape index (κ3) is 3.60. The molecule has 2 aliphatic rings. The van der Waals surface area contributed by atoms with Gasteiger partial charge >= 0.3 is 0 Å². The summed E-state index contributed by atoms with van der Waals surface area (Å²) in [5, 5.41) is 8.42. The second kappa shape index (κ2) is 8.21. The van der Waals surface area contributed by atoms with Gasteiger partial charge in [-0.3, -0.25) is 4.79 Å². The molecule has 0 saturated carbocycles. The van der Waals surface area contributed by atoms with Crippen LogP contribution in [0.15, 0.2) is 71.4 Å². The van der Waals surface area contributed by atoms with Gasteiger partial charge in [0.05, 0.1) is 11.9 Å². The smallest absolute Gasteiger partial charge is 0.279 e.